The highest BCUT2D eigenvalue weighted by atomic mass is 32.1. The van der Waals surface area contributed by atoms with Gasteiger partial charge in [-0.3, -0.25) is 4.79 Å². The zero-order valence-corrected chi connectivity index (χ0v) is 27.9. The number of ether oxygens (including phenoxy) is 3. The minimum Gasteiger partial charge on any atom is -0.449 e. The first-order valence-electron chi connectivity index (χ1n) is 16.0. The molecule has 11 nitrogen and oxygen atoms in total. The molecule has 2 amide bonds. The highest BCUT2D eigenvalue weighted by molar-refractivity contribution is 7.22. The predicted octanol–water partition coefficient (Wildman–Crippen LogP) is 7.11. The van der Waals surface area contributed by atoms with Crippen molar-refractivity contribution in [2.45, 2.75) is 12.3 Å². The van der Waals surface area contributed by atoms with Gasteiger partial charge in [0.1, 0.15) is 12.4 Å². The Bertz CT molecular complexity index is 2190. The second-order valence-corrected chi connectivity index (χ2v) is 12.7. The molecule has 0 spiro atoms. The van der Waals surface area contributed by atoms with Crippen molar-refractivity contribution in [2.75, 3.05) is 38.2 Å². The molecule has 0 saturated heterocycles. The standard InChI is InChI=1S/C36H31F3N6O5S/c1-45-30-13-10-21(18-29(30)42-33(45)44-34-43-28-12-11-22(19-31(28)51-34)50-36(37,38)39)32(46)40-14-16-48-17-15-41-35(47)49-20-27-25-8-4-2-6-23(25)24-7-3-5-9-26(24)27/h2-13,18-19,27H,14-17,20H2,1H3,(H,40,46)(H,41,47)(H,42,43,44). The number of fused-ring (bicyclic) bond motifs is 5. The molecule has 7 rings (SSSR count). The van der Waals surface area contributed by atoms with Crippen LogP contribution in [0.5, 0.6) is 5.75 Å². The zero-order valence-electron chi connectivity index (χ0n) is 27.1. The van der Waals surface area contributed by atoms with Gasteiger partial charge in [-0.15, -0.1) is 13.2 Å². The second-order valence-electron chi connectivity index (χ2n) is 11.6. The molecular formula is C36H31F3N6O5S. The van der Waals surface area contributed by atoms with Crippen LogP contribution in [0.3, 0.4) is 0 Å². The fourth-order valence-corrected chi connectivity index (χ4v) is 6.91. The largest absolute Gasteiger partial charge is 0.573 e. The van der Waals surface area contributed by atoms with Crippen LogP contribution in [-0.4, -0.2) is 65.8 Å². The van der Waals surface area contributed by atoms with Crippen LogP contribution in [0.25, 0.3) is 32.4 Å². The van der Waals surface area contributed by atoms with E-state index < -0.39 is 12.5 Å². The molecule has 0 saturated carbocycles. The van der Waals surface area contributed by atoms with E-state index in [0.717, 1.165) is 39.1 Å². The summed E-state index contributed by atoms with van der Waals surface area (Å²) in [5.41, 5.74) is 6.83. The summed E-state index contributed by atoms with van der Waals surface area (Å²) in [6.07, 6.45) is -5.31. The zero-order chi connectivity index (χ0) is 35.5. The number of aryl methyl sites for hydroxylation is 1. The van der Waals surface area contributed by atoms with E-state index in [0.29, 0.717) is 32.4 Å². The number of rotatable bonds is 12. The first kappa shape index (κ1) is 33.8. The Morgan fingerprint density at radius 1 is 0.863 bits per heavy atom. The molecule has 4 aromatic carbocycles. The summed E-state index contributed by atoms with van der Waals surface area (Å²) in [7, 11) is 1.79. The summed E-state index contributed by atoms with van der Waals surface area (Å²) >= 11 is 1.15. The molecule has 15 heteroatoms. The fraction of sp³-hybridized carbons (Fsp3) is 0.222. The van der Waals surface area contributed by atoms with E-state index in [4.69, 9.17) is 9.47 Å². The van der Waals surface area contributed by atoms with Gasteiger partial charge in [0.15, 0.2) is 5.13 Å². The number of alkyl carbamates (subject to hydrolysis) is 1. The average molecular weight is 717 g/mol. The Hall–Kier alpha value is -5.67. The molecular weight excluding hydrogens is 685 g/mol. The third kappa shape index (κ3) is 7.59. The highest BCUT2D eigenvalue weighted by Gasteiger charge is 2.31. The molecule has 1 aliphatic carbocycles. The minimum atomic E-state index is -4.79. The van der Waals surface area contributed by atoms with E-state index in [-0.39, 0.29) is 50.5 Å². The van der Waals surface area contributed by atoms with Crippen LogP contribution < -0.4 is 20.7 Å². The summed E-state index contributed by atoms with van der Waals surface area (Å²) in [6.45, 7) is 1.22. The van der Waals surface area contributed by atoms with Gasteiger partial charge in [0.2, 0.25) is 5.95 Å². The normalized spacial score (nSPS) is 12.5. The van der Waals surface area contributed by atoms with Crippen LogP contribution in [0, 0.1) is 0 Å². The number of aromatic nitrogens is 3. The van der Waals surface area contributed by atoms with Gasteiger partial charge in [0.05, 0.1) is 34.5 Å². The van der Waals surface area contributed by atoms with Crippen LogP contribution in [0.15, 0.2) is 84.9 Å². The first-order chi connectivity index (χ1) is 24.6. The van der Waals surface area contributed by atoms with Crippen LogP contribution in [0.1, 0.15) is 27.4 Å². The molecule has 0 fully saturated rings. The SMILES string of the molecule is Cn1c(Nc2nc3ccc(OC(F)(F)F)cc3s2)nc2cc(C(=O)NCCOCCNC(=O)OCC3c4ccccc4-c4ccccc43)ccc21. The lowest BCUT2D eigenvalue weighted by Gasteiger charge is -2.14. The number of thiazole rings is 1. The molecule has 2 aromatic heterocycles. The smallest absolute Gasteiger partial charge is 0.449 e. The number of hydrogen-bond acceptors (Lipinski definition) is 9. The van der Waals surface area contributed by atoms with Crippen molar-refractivity contribution in [1.29, 1.82) is 0 Å². The molecule has 51 heavy (non-hydrogen) atoms. The van der Waals surface area contributed by atoms with E-state index in [2.05, 4.69) is 54.9 Å². The third-order valence-corrected chi connectivity index (χ3v) is 9.28. The fourth-order valence-electron chi connectivity index (χ4n) is 6.02. The number of alkyl halides is 3. The Morgan fingerprint density at radius 3 is 2.29 bits per heavy atom. The number of benzene rings is 4. The molecule has 262 valence electrons. The summed E-state index contributed by atoms with van der Waals surface area (Å²) in [5.74, 6) is -0.211. The Balaban J connectivity index is 0.842. The number of anilines is 2. The summed E-state index contributed by atoms with van der Waals surface area (Å²) in [5, 5.41) is 9.05. The van der Waals surface area contributed by atoms with Crippen molar-refractivity contribution < 1.29 is 37.0 Å². The topological polar surface area (TPSA) is 129 Å². The summed E-state index contributed by atoms with van der Waals surface area (Å²) in [4.78, 5) is 34.2. The maximum atomic E-state index is 12.8. The second kappa shape index (κ2) is 14.3. The lowest BCUT2D eigenvalue weighted by molar-refractivity contribution is -0.274. The number of nitrogens with zero attached hydrogens (tertiary/aromatic N) is 3. The number of halogens is 3. The minimum absolute atomic E-state index is 0.0191. The van der Waals surface area contributed by atoms with Gasteiger partial charge in [0, 0.05) is 37.7 Å². The van der Waals surface area contributed by atoms with Crippen LogP contribution in [0.2, 0.25) is 0 Å². The number of hydrogen-bond donors (Lipinski definition) is 3. The molecule has 0 atom stereocenters. The number of imidazole rings is 1. The van der Waals surface area contributed by atoms with E-state index in [9.17, 15) is 22.8 Å². The number of amides is 2. The van der Waals surface area contributed by atoms with Gasteiger partial charge >= 0.3 is 12.5 Å². The summed E-state index contributed by atoms with van der Waals surface area (Å²) in [6, 6.07) is 25.3. The van der Waals surface area contributed by atoms with E-state index in [1.165, 1.54) is 18.2 Å². The first-order valence-corrected chi connectivity index (χ1v) is 16.8. The van der Waals surface area contributed by atoms with Crippen molar-refractivity contribution >= 4 is 55.7 Å². The maximum absolute atomic E-state index is 12.8. The lowest BCUT2D eigenvalue weighted by atomic mass is 9.98. The van der Waals surface area contributed by atoms with Gasteiger partial charge in [-0.2, -0.15) is 0 Å². The van der Waals surface area contributed by atoms with Gasteiger partial charge in [-0.05, 0) is 52.6 Å². The molecule has 3 N–H and O–H groups in total. The van der Waals surface area contributed by atoms with E-state index >= 15 is 0 Å². The summed E-state index contributed by atoms with van der Waals surface area (Å²) < 4.78 is 55.2. The monoisotopic (exact) mass is 716 g/mol. The van der Waals surface area contributed by atoms with Crippen LogP contribution in [0.4, 0.5) is 29.0 Å². The molecule has 0 aliphatic heterocycles. The van der Waals surface area contributed by atoms with Crippen molar-refractivity contribution in [3.63, 3.8) is 0 Å². The molecule has 1 aliphatic rings. The van der Waals surface area contributed by atoms with Gasteiger partial charge in [0.25, 0.3) is 5.91 Å². The van der Waals surface area contributed by atoms with Gasteiger partial charge in [-0.25, -0.2) is 14.8 Å². The number of nitrogens with one attached hydrogen (secondary N) is 3. The highest BCUT2D eigenvalue weighted by Crippen LogP contribution is 2.44. The molecule has 2 heterocycles. The molecule has 0 radical (unpaired) electrons. The predicted molar refractivity (Wildman–Crippen MR) is 187 cm³/mol. The van der Waals surface area contributed by atoms with Crippen molar-refractivity contribution in [3.05, 3.63) is 102 Å². The third-order valence-electron chi connectivity index (χ3n) is 8.35. The van der Waals surface area contributed by atoms with Crippen molar-refractivity contribution in [1.82, 2.24) is 25.2 Å². The number of carbonyl (C=O) groups is 2. The Labute approximate surface area is 293 Å². The quantitative estimate of drug-likeness (QED) is 0.114. The van der Waals surface area contributed by atoms with E-state index in [1.54, 1.807) is 29.8 Å². The van der Waals surface area contributed by atoms with Crippen LogP contribution in [-0.2, 0) is 16.5 Å². The van der Waals surface area contributed by atoms with Crippen molar-refractivity contribution in [3.8, 4) is 16.9 Å². The molecule has 0 bridgehead atoms. The molecule has 6 aromatic rings. The number of carbonyl (C=O) groups excluding carboxylic acids is 2. The van der Waals surface area contributed by atoms with E-state index in [1.807, 2.05) is 24.3 Å². The average Bonchev–Trinajstić information content (AvgIpc) is 3.76. The van der Waals surface area contributed by atoms with Crippen LogP contribution >= 0.6 is 11.3 Å². The Morgan fingerprint density at radius 2 is 1.57 bits per heavy atom. The lowest BCUT2D eigenvalue weighted by Crippen LogP contribution is -2.31. The van der Waals surface area contributed by atoms with Gasteiger partial charge < -0.3 is 34.7 Å². The maximum Gasteiger partial charge on any atom is 0.573 e. The molecule has 0 unspecified atom stereocenters. The Kier molecular flexibility index (Phi) is 9.47. The van der Waals surface area contributed by atoms with Crippen molar-refractivity contribution in [2.24, 2.45) is 7.05 Å². The van der Waals surface area contributed by atoms with Gasteiger partial charge in [-0.1, -0.05) is 59.9 Å².